The topological polar surface area (TPSA) is 41.6 Å². The second-order valence-corrected chi connectivity index (χ2v) is 5.17. The largest absolute Gasteiger partial charge is 0.380 e. The van der Waals surface area contributed by atoms with Gasteiger partial charge in [0, 0.05) is 32.8 Å². The molecular formula is C15H20N2O2. The highest BCUT2D eigenvalue weighted by atomic mass is 16.5. The Morgan fingerprint density at radius 2 is 2.16 bits per heavy atom. The maximum atomic E-state index is 12.7. The molecule has 1 aromatic rings. The minimum Gasteiger partial charge on any atom is -0.380 e. The Hall–Kier alpha value is -1.39. The first-order chi connectivity index (χ1) is 9.36. The van der Waals surface area contributed by atoms with Crippen LogP contribution in [-0.4, -0.2) is 43.7 Å². The van der Waals surface area contributed by atoms with E-state index in [0.29, 0.717) is 6.61 Å². The molecule has 1 aromatic carbocycles. The zero-order valence-electron chi connectivity index (χ0n) is 11.1. The lowest BCUT2D eigenvalue weighted by Gasteiger charge is -2.30. The van der Waals surface area contributed by atoms with Crippen molar-refractivity contribution >= 4 is 5.91 Å². The molecule has 0 bridgehead atoms. The third kappa shape index (κ3) is 2.65. The molecule has 0 radical (unpaired) electrons. The number of benzene rings is 1. The number of rotatable bonds is 1. The van der Waals surface area contributed by atoms with Gasteiger partial charge in [0.1, 0.15) is 0 Å². The molecule has 0 aromatic heterocycles. The molecule has 2 heterocycles. The van der Waals surface area contributed by atoms with E-state index in [0.717, 1.165) is 39.2 Å². The van der Waals surface area contributed by atoms with E-state index < -0.39 is 0 Å². The van der Waals surface area contributed by atoms with Crippen molar-refractivity contribution in [2.75, 3.05) is 32.8 Å². The van der Waals surface area contributed by atoms with Crippen LogP contribution in [-0.2, 0) is 16.1 Å². The average Bonchev–Trinajstić information content (AvgIpc) is 2.75. The number of nitrogens with zero attached hydrogens (tertiary/aromatic N) is 1. The summed E-state index contributed by atoms with van der Waals surface area (Å²) in [5, 5.41) is 3.35. The normalized spacial score (nSPS) is 23.6. The van der Waals surface area contributed by atoms with Crippen LogP contribution in [0.2, 0.25) is 0 Å². The lowest BCUT2D eigenvalue weighted by atomic mass is 9.90. The predicted molar refractivity (Wildman–Crippen MR) is 72.9 cm³/mol. The minimum atomic E-state index is -0.0388. The monoisotopic (exact) mass is 260 g/mol. The van der Waals surface area contributed by atoms with Gasteiger partial charge in [0.05, 0.1) is 12.5 Å². The first-order valence-corrected chi connectivity index (χ1v) is 7.01. The van der Waals surface area contributed by atoms with Crippen LogP contribution < -0.4 is 5.32 Å². The zero-order chi connectivity index (χ0) is 13.1. The SMILES string of the molecule is O=C(C1CNCc2ccccc21)N1CCCOCC1. The summed E-state index contributed by atoms with van der Waals surface area (Å²) >= 11 is 0. The number of nitrogens with one attached hydrogen (secondary N) is 1. The summed E-state index contributed by atoms with van der Waals surface area (Å²) in [5.74, 6) is 0.202. The van der Waals surface area contributed by atoms with E-state index in [9.17, 15) is 4.79 Å². The van der Waals surface area contributed by atoms with Crippen molar-refractivity contribution in [3.8, 4) is 0 Å². The molecule has 3 rings (SSSR count). The first-order valence-electron chi connectivity index (χ1n) is 7.01. The van der Waals surface area contributed by atoms with Crippen molar-refractivity contribution in [2.45, 2.75) is 18.9 Å². The Balaban J connectivity index is 1.80. The summed E-state index contributed by atoms with van der Waals surface area (Å²) < 4.78 is 5.42. The van der Waals surface area contributed by atoms with Crippen molar-refractivity contribution in [2.24, 2.45) is 0 Å². The zero-order valence-corrected chi connectivity index (χ0v) is 11.1. The lowest BCUT2D eigenvalue weighted by Crippen LogP contribution is -2.42. The summed E-state index contributed by atoms with van der Waals surface area (Å²) in [6.45, 7) is 4.57. The maximum absolute atomic E-state index is 12.7. The fraction of sp³-hybridized carbons (Fsp3) is 0.533. The van der Waals surface area contributed by atoms with Crippen molar-refractivity contribution in [1.82, 2.24) is 10.2 Å². The van der Waals surface area contributed by atoms with Gasteiger partial charge in [-0.05, 0) is 17.5 Å². The second kappa shape index (κ2) is 5.72. The number of ether oxygens (including phenoxy) is 1. The molecule has 2 aliphatic rings. The number of hydrogen-bond donors (Lipinski definition) is 1. The molecule has 1 saturated heterocycles. The summed E-state index contributed by atoms with van der Waals surface area (Å²) in [7, 11) is 0. The molecular weight excluding hydrogens is 240 g/mol. The smallest absolute Gasteiger partial charge is 0.231 e. The summed E-state index contributed by atoms with van der Waals surface area (Å²) in [4.78, 5) is 14.7. The predicted octanol–water partition coefficient (Wildman–Crippen LogP) is 1.12. The second-order valence-electron chi connectivity index (χ2n) is 5.17. The van der Waals surface area contributed by atoms with Crippen LogP contribution in [0.15, 0.2) is 24.3 Å². The van der Waals surface area contributed by atoms with Crippen molar-refractivity contribution in [3.05, 3.63) is 35.4 Å². The lowest BCUT2D eigenvalue weighted by molar-refractivity contribution is -0.132. The highest BCUT2D eigenvalue weighted by molar-refractivity contribution is 5.84. The summed E-state index contributed by atoms with van der Waals surface area (Å²) in [6, 6.07) is 8.25. The molecule has 1 atom stereocenters. The van der Waals surface area contributed by atoms with Crippen LogP contribution in [0, 0.1) is 0 Å². The number of fused-ring (bicyclic) bond motifs is 1. The van der Waals surface area contributed by atoms with E-state index in [-0.39, 0.29) is 11.8 Å². The highest BCUT2D eigenvalue weighted by Gasteiger charge is 2.29. The highest BCUT2D eigenvalue weighted by Crippen LogP contribution is 2.25. The maximum Gasteiger partial charge on any atom is 0.231 e. The van der Waals surface area contributed by atoms with Crippen molar-refractivity contribution in [3.63, 3.8) is 0 Å². The van der Waals surface area contributed by atoms with Crippen LogP contribution in [0.25, 0.3) is 0 Å². The molecule has 1 fully saturated rings. The van der Waals surface area contributed by atoms with Crippen LogP contribution in [0.3, 0.4) is 0 Å². The van der Waals surface area contributed by atoms with Crippen molar-refractivity contribution < 1.29 is 9.53 Å². The van der Waals surface area contributed by atoms with Crippen LogP contribution in [0.1, 0.15) is 23.5 Å². The van der Waals surface area contributed by atoms with Gasteiger partial charge in [-0.25, -0.2) is 0 Å². The Labute approximate surface area is 113 Å². The van der Waals surface area contributed by atoms with Crippen LogP contribution >= 0.6 is 0 Å². The van der Waals surface area contributed by atoms with Crippen LogP contribution in [0.5, 0.6) is 0 Å². The third-order valence-corrected chi connectivity index (χ3v) is 3.93. The van der Waals surface area contributed by atoms with E-state index in [2.05, 4.69) is 17.4 Å². The quantitative estimate of drug-likeness (QED) is 0.823. The number of carbonyl (C=O) groups excluding carboxylic acids is 1. The standard InChI is InChI=1S/C15H20N2O2/c18-15(17-6-3-8-19-9-7-17)14-11-16-10-12-4-1-2-5-13(12)14/h1-2,4-5,14,16H,3,6-11H2. The Bertz CT molecular complexity index is 453. The van der Waals surface area contributed by atoms with Gasteiger partial charge in [0.15, 0.2) is 0 Å². The van der Waals surface area contributed by atoms with Crippen LogP contribution in [0.4, 0.5) is 0 Å². The molecule has 4 nitrogen and oxygen atoms in total. The minimum absolute atomic E-state index is 0.0388. The molecule has 1 amide bonds. The fourth-order valence-electron chi connectivity index (χ4n) is 2.90. The molecule has 4 heteroatoms. The van der Waals surface area contributed by atoms with Gasteiger partial charge in [0.2, 0.25) is 5.91 Å². The molecule has 0 spiro atoms. The number of carbonyl (C=O) groups is 1. The summed E-state index contributed by atoms with van der Waals surface area (Å²) in [6.07, 6.45) is 0.938. The molecule has 0 saturated carbocycles. The molecule has 19 heavy (non-hydrogen) atoms. The van der Waals surface area contributed by atoms with E-state index in [4.69, 9.17) is 4.74 Å². The third-order valence-electron chi connectivity index (χ3n) is 3.93. The average molecular weight is 260 g/mol. The van der Waals surface area contributed by atoms with Gasteiger partial charge in [0.25, 0.3) is 0 Å². The molecule has 1 N–H and O–H groups in total. The summed E-state index contributed by atoms with van der Waals surface area (Å²) in [5.41, 5.74) is 2.44. The van der Waals surface area contributed by atoms with Gasteiger partial charge < -0.3 is 15.0 Å². The van der Waals surface area contributed by atoms with E-state index in [1.807, 2.05) is 17.0 Å². The van der Waals surface area contributed by atoms with Gasteiger partial charge >= 0.3 is 0 Å². The van der Waals surface area contributed by atoms with Gasteiger partial charge in [-0.2, -0.15) is 0 Å². The molecule has 2 aliphatic heterocycles. The van der Waals surface area contributed by atoms with Gasteiger partial charge in [-0.15, -0.1) is 0 Å². The number of amides is 1. The van der Waals surface area contributed by atoms with E-state index in [1.54, 1.807) is 0 Å². The Morgan fingerprint density at radius 1 is 1.26 bits per heavy atom. The first kappa shape index (κ1) is 12.6. The Kier molecular flexibility index (Phi) is 3.80. The number of hydrogen-bond acceptors (Lipinski definition) is 3. The van der Waals surface area contributed by atoms with Gasteiger partial charge in [-0.3, -0.25) is 4.79 Å². The fourth-order valence-corrected chi connectivity index (χ4v) is 2.90. The molecule has 0 aliphatic carbocycles. The molecule has 102 valence electrons. The molecule has 1 unspecified atom stereocenters. The van der Waals surface area contributed by atoms with E-state index in [1.165, 1.54) is 11.1 Å². The Morgan fingerprint density at radius 3 is 3.11 bits per heavy atom. The van der Waals surface area contributed by atoms with E-state index >= 15 is 0 Å². The van der Waals surface area contributed by atoms with Gasteiger partial charge in [-0.1, -0.05) is 24.3 Å². The van der Waals surface area contributed by atoms with Crippen molar-refractivity contribution in [1.29, 1.82) is 0 Å².